The van der Waals surface area contributed by atoms with Crippen LogP contribution >= 0.6 is 35.6 Å². The van der Waals surface area contributed by atoms with Gasteiger partial charge in [0.05, 0.1) is 11.4 Å². The van der Waals surface area contributed by atoms with Crippen molar-refractivity contribution in [3.63, 3.8) is 0 Å². The minimum atomic E-state index is -0.363. The molecule has 1 aliphatic heterocycles. The monoisotopic (exact) mass is 562 g/mol. The van der Waals surface area contributed by atoms with Gasteiger partial charge in [-0.3, -0.25) is 19.1 Å². The maximum Gasteiger partial charge on any atom is 0.270 e. The Morgan fingerprint density at radius 1 is 1.13 bits per heavy atom. The van der Waals surface area contributed by atoms with Gasteiger partial charge in [-0.05, 0) is 49.1 Å². The van der Waals surface area contributed by atoms with Crippen LogP contribution in [-0.4, -0.2) is 19.7 Å². The fourth-order valence-electron chi connectivity index (χ4n) is 4.25. The number of halogens is 1. The number of nitrogens with zero attached hydrogens (tertiary/aromatic N) is 3. The highest BCUT2D eigenvalue weighted by Crippen LogP contribution is 2.36. The van der Waals surface area contributed by atoms with E-state index in [1.54, 1.807) is 22.5 Å². The molecule has 0 unspecified atom stereocenters. The number of amides is 1. The molecule has 1 saturated heterocycles. The van der Waals surface area contributed by atoms with Crippen LogP contribution in [0.4, 0.5) is 5.82 Å². The van der Waals surface area contributed by atoms with Crippen LogP contribution in [0.3, 0.4) is 0 Å². The normalized spacial score (nSPS) is 14.3. The van der Waals surface area contributed by atoms with Crippen LogP contribution in [0.1, 0.15) is 46.7 Å². The van der Waals surface area contributed by atoms with Crippen molar-refractivity contribution in [3.05, 3.63) is 102 Å². The summed E-state index contributed by atoms with van der Waals surface area (Å²) in [6.45, 7) is 6.86. The number of aryl methyl sites for hydroxylation is 1. The zero-order chi connectivity index (χ0) is 27.4. The number of thiocarbonyl (C=S) groups is 1. The van der Waals surface area contributed by atoms with Crippen LogP contribution in [0.2, 0.25) is 5.02 Å². The van der Waals surface area contributed by atoms with E-state index in [1.165, 1.54) is 11.8 Å². The van der Waals surface area contributed by atoms with Crippen molar-refractivity contribution in [2.24, 2.45) is 0 Å². The second-order valence-corrected chi connectivity index (χ2v) is 11.1. The lowest BCUT2D eigenvalue weighted by atomic mass is 10.0. The summed E-state index contributed by atoms with van der Waals surface area (Å²) >= 11 is 13.2. The third-order valence-electron chi connectivity index (χ3n) is 6.34. The zero-order valence-corrected chi connectivity index (χ0v) is 23.8. The number of carbonyl (C=O) groups is 1. The van der Waals surface area contributed by atoms with Crippen LogP contribution < -0.4 is 10.9 Å². The third kappa shape index (κ3) is 5.70. The number of rotatable bonds is 8. The number of carbonyl (C=O) groups excluding carboxylic acids is 1. The second kappa shape index (κ2) is 12.0. The lowest BCUT2D eigenvalue weighted by Gasteiger charge is -2.20. The van der Waals surface area contributed by atoms with E-state index in [4.69, 9.17) is 23.8 Å². The molecule has 6 nitrogen and oxygen atoms in total. The standard InChI is InChI=1S/C29H27ClN4O2S2/c1-4-13-33-26(32-16-21-7-5-6-8-24(21)30)22(19(3)23(15-31)27(33)35)14-25-28(36)34(29(37)38-25)17-20-11-9-18(2)10-12-20/h5-12,14,32H,4,13,16-17H2,1-3H3/b25-14+. The smallest absolute Gasteiger partial charge is 0.270 e. The molecule has 2 aromatic carbocycles. The van der Waals surface area contributed by atoms with E-state index >= 15 is 0 Å². The van der Waals surface area contributed by atoms with E-state index in [1.807, 2.05) is 62.4 Å². The van der Waals surface area contributed by atoms with Gasteiger partial charge >= 0.3 is 0 Å². The van der Waals surface area contributed by atoms with Crippen molar-refractivity contribution in [2.45, 2.75) is 46.8 Å². The Hall–Kier alpha value is -3.38. The number of hydrogen-bond acceptors (Lipinski definition) is 6. The van der Waals surface area contributed by atoms with Gasteiger partial charge in [0.25, 0.3) is 11.5 Å². The molecule has 0 spiro atoms. The van der Waals surface area contributed by atoms with Crippen LogP contribution in [0.15, 0.2) is 58.2 Å². The van der Waals surface area contributed by atoms with Crippen LogP contribution in [0.5, 0.6) is 0 Å². The zero-order valence-electron chi connectivity index (χ0n) is 21.4. The first kappa shape index (κ1) is 27.6. The molecule has 9 heteroatoms. The Morgan fingerprint density at radius 3 is 2.50 bits per heavy atom. The minimum absolute atomic E-state index is 0.0585. The average Bonchev–Trinajstić information content (AvgIpc) is 3.16. The molecule has 0 radical (unpaired) electrons. The summed E-state index contributed by atoms with van der Waals surface area (Å²) in [5.74, 6) is 0.334. The van der Waals surface area contributed by atoms with Crippen LogP contribution in [-0.2, 0) is 24.4 Å². The summed E-state index contributed by atoms with van der Waals surface area (Å²) in [7, 11) is 0. The predicted octanol–water partition coefficient (Wildman–Crippen LogP) is 6.41. The summed E-state index contributed by atoms with van der Waals surface area (Å²) in [4.78, 5) is 28.7. The van der Waals surface area contributed by atoms with Gasteiger partial charge in [0.15, 0.2) is 0 Å². The predicted molar refractivity (Wildman–Crippen MR) is 159 cm³/mol. The molecule has 2 heterocycles. The van der Waals surface area contributed by atoms with Crippen LogP contribution in [0, 0.1) is 25.2 Å². The fourth-order valence-corrected chi connectivity index (χ4v) is 5.69. The summed E-state index contributed by atoms with van der Waals surface area (Å²) in [6.07, 6.45) is 2.43. The SMILES string of the molecule is CCCn1c(NCc2ccccc2Cl)c(/C=C2/SC(=S)N(Cc3ccc(C)cc3)C2=O)c(C)c(C#N)c1=O. The lowest BCUT2D eigenvalue weighted by Crippen LogP contribution is -2.28. The number of aromatic nitrogens is 1. The van der Waals surface area contributed by atoms with Gasteiger partial charge in [-0.2, -0.15) is 5.26 Å². The molecule has 1 aliphatic rings. The molecule has 1 amide bonds. The Balaban J connectivity index is 1.77. The van der Waals surface area contributed by atoms with Crippen molar-refractivity contribution in [1.82, 2.24) is 9.47 Å². The second-order valence-electron chi connectivity index (χ2n) is 9.03. The van der Waals surface area contributed by atoms with Crippen molar-refractivity contribution in [1.29, 1.82) is 5.26 Å². The van der Waals surface area contributed by atoms with Gasteiger partial charge in [-0.15, -0.1) is 0 Å². The first-order chi connectivity index (χ1) is 18.2. The van der Waals surface area contributed by atoms with E-state index in [-0.39, 0.29) is 17.0 Å². The molecule has 0 aliphatic carbocycles. The molecule has 194 valence electrons. The number of nitrogens with one attached hydrogen (secondary N) is 1. The molecule has 0 atom stereocenters. The van der Waals surface area contributed by atoms with E-state index in [0.717, 1.165) is 16.7 Å². The van der Waals surface area contributed by atoms with Crippen molar-refractivity contribution >= 4 is 57.7 Å². The van der Waals surface area contributed by atoms with E-state index in [2.05, 4.69) is 11.4 Å². The topological polar surface area (TPSA) is 78.1 Å². The number of hydrogen-bond donors (Lipinski definition) is 1. The minimum Gasteiger partial charge on any atom is -0.367 e. The maximum absolute atomic E-state index is 13.4. The molecule has 1 N–H and O–H groups in total. The summed E-state index contributed by atoms with van der Waals surface area (Å²) < 4.78 is 2.04. The Morgan fingerprint density at radius 2 is 1.84 bits per heavy atom. The molecule has 0 bridgehead atoms. The summed E-state index contributed by atoms with van der Waals surface area (Å²) in [6, 6.07) is 17.5. The molecule has 0 saturated carbocycles. The van der Waals surface area contributed by atoms with Crippen molar-refractivity contribution in [3.8, 4) is 6.07 Å². The molecule has 1 aromatic heterocycles. The van der Waals surface area contributed by atoms with E-state index < -0.39 is 0 Å². The third-order valence-corrected chi connectivity index (χ3v) is 8.08. The van der Waals surface area contributed by atoms with Gasteiger partial charge in [0, 0.05) is 23.7 Å². The van der Waals surface area contributed by atoms with E-state index in [9.17, 15) is 14.9 Å². The first-order valence-electron chi connectivity index (χ1n) is 12.2. The van der Waals surface area contributed by atoms with Gasteiger partial charge < -0.3 is 5.32 Å². The number of thioether (sulfide) groups is 1. The van der Waals surface area contributed by atoms with Crippen molar-refractivity contribution in [2.75, 3.05) is 5.32 Å². The summed E-state index contributed by atoms with van der Waals surface area (Å²) in [5.41, 5.74) is 3.80. The Bertz CT molecular complexity index is 1540. The summed E-state index contributed by atoms with van der Waals surface area (Å²) in [5, 5.41) is 13.8. The molecular weight excluding hydrogens is 536 g/mol. The van der Waals surface area contributed by atoms with Gasteiger partial charge in [0.2, 0.25) is 0 Å². The Kier molecular flexibility index (Phi) is 8.72. The molecular formula is C29H27ClN4O2S2. The highest BCUT2D eigenvalue weighted by atomic mass is 35.5. The maximum atomic E-state index is 13.4. The number of pyridine rings is 1. The number of benzene rings is 2. The van der Waals surface area contributed by atoms with Gasteiger partial charge in [-0.1, -0.05) is 90.5 Å². The number of anilines is 1. The highest BCUT2D eigenvalue weighted by Gasteiger charge is 2.33. The molecule has 1 fully saturated rings. The quantitative estimate of drug-likeness (QED) is 0.252. The molecule has 4 rings (SSSR count). The van der Waals surface area contributed by atoms with E-state index in [0.29, 0.717) is 57.2 Å². The molecule has 38 heavy (non-hydrogen) atoms. The highest BCUT2D eigenvalue weighted by molar-refractivity contribution is 8.26. The van der Waals surface area contributed by atoms with Gasteiger partial charge in [-0.25, -0.2) is 0 Å². The fraction of sp³-hybridized carbons (Fsp3) is 0.241. The average molecular weight is 563 g/mol. The first-order valence-corrected chi connectivity index (χ1v) is 13.8. The van der Waals surface area contributed by atoms with Crippen molar-refractivity contribution < 1.29 is 4.79 Å². The van der Waals surface area contributed by atoms with Gasteiger partial charge in [0.1, 0.15) is 21.8 Å². The van der Waals surface area contributed by atoms with Crippen LogP contribution in [0.25, 0.3) is 6.08 Å². The lowest BCUT2D eigenvalue weighted by molar-refractivity contribution is -0.122. The Labute approximate surface area is 236 Å². The largest absolute Gasteiger partial charge is 0.367 e. The number of nitriles is 1. The molecule has 3 aromatic rings.